The van der Waals surface area contributed by atoms with Crippen LogP contribution < -0.4 is 5.32 Å². The molecule has 1 unspecified atom stereocenters. The Hall–Kier alpha value is -2.12. The molecule has 0 aliphatic carbocycles. The molecule has 0 aliphatic rings. The minimum Gasteiger partial charge on any atom is -0.360 e. The Kier molecular flexibility index (Phi) is 5.46. The standard InChI is InChI=1S/C16H21N5O2.ClH/c1-9(17-5)6-14-18-16(23-19-14)13-7-10(2)21(12(13)4)15-8-11(3)22-20-15;/h7-9,17H,6H2,1-5H3;1H. The maximum Gasteiger partial charge on any atom is 0.259 e. The molecule has 3 rings (SSSR count). The molecule has 0 saturated heterocycles. The molecule has 0 aromatic carbocycles. The maximum absolute atomic E-state index is 5.44. The monoisotopic (exact) mass is 351 g/mol. The van der Waals surface area contributed by atoms with E-state index in [1.165, 1.54) is 0 Å². The van der Waals surface area contributed by atoms with E-state index in [0.717, 1.165) is 35.0 Å². The average Bonchev–Trinajstić information content (AvgIpc) is 3.19. The Morgan fingerprint density at radius 2 is 1.92 bits per heavy atom. The van der Waals surface area contributed by atoms with Crippen LogP contribution in [0.5, 0.6) is 0 Å². The number of hydrogen-bond acceptors (Lipinski definition) is 6. The lowest BCUT2D eigenvalue weighted by Gasteiger charge is -2.04. The van der Waals surface area contributed by atoms with Crippen molar-refractivity contribution in [2.24, 2.45) is 0 Å². The highest BCUT2D eigenvalue weighted by molar-refractivity contribution is 5.85. The van der Waals surface area contributed by atoms with Crippen molar-refractivity contribution in [2.75, 3.05) is 7.05 Å². The van der Waals surface area contributed by atoms with Crippen LogP contribution in [0.2, 0.25) is 0 Å². The van der Waals surface area contributed by atoms with Crippen molar-refractivity contribution in [2.45, 2.75) is 40.2 Å². The molecule has 7 nitrogen and oxygen atoms in total. The lowest BCUT2D eigenvalue weighted by atomic mass is 10.2. The fourth-order valence-corrected chi connectivity index (χ4v) is 2.61. The SMILES string of the molecule is CNC(C)Cc1noc(-c2cc(C)n(-c3cc(C)on3)c2C)n1.Cl. The van der Waals surface area contributed by atoms with Crippen molar-refractivity contribution >= 4 is 12.4 Å². The summed E-state index contributed by atoms with van der Waals surface area (Å²) >= 11 is 0. The largest absolute Gasteiger partial charge is 0.360 e. The fraction of sp³-hybridized carbons (Fsp3) is 0.438. The van der Waals surface area contributed by atoms with E-state index in [-0.39, 0.29) is 12.4 Å². The first-order chi connectivity index (χ1) is 11.0. The quantitative estimate of drug-likeness (QED) is 0.760. The summed E-state index contributed by atoms with van der Waals surface area (Å²) in [5, 5.41) is 11.3. The number of nitrogens with one attached hydrogen (secondary N) is 1. The number of rotatable bonds is 5. The van der Waals surface area contributed by atoms with Gasteiger partial charge in [-0.25, -0.2) is 0 Å². The predicted molar refractivity (Wildman–Crippen MR) is 92.8 cm³/mol. The van der Waals surface area contributed by atoms with Crippen LogP contribution in [0.15, 0.2) is 21.2 Å². The molecule has 1 N–H and O–H groups in total. The molecule has 0 aliphatic heterocycles. The Balaban J connectivity index is 0.00000208. The lowest BCUT2D eigenvalue weighted by Crippen LogP contribution is -2.24. The van der Waals surface area contributed by atoms with Gasteiger partial charge in [0, 0.05) is 29.9 Å². The van der Waals surface area contributed by atoms with Gasteiger partial charge in [0.25, 0.3) is 5.89 Å². The van der Waals surface area contributed by atoms with E-state index in [0.29, 0.717) is 17.8 Å². The molecule has 130 valence electrons. The lowest BCUT2D eigenvalue weighted by molar-refractivity contribution is 0.394. The molecule has 0 amide bonds. The predicted octanol–water partition coefficient (Wildman–Crippen LogP) is 3.01. The van der Waals surface area contributed by atoms with Gasteiger partial charge in [-0.3, -0.25) is 4.57 Å². The molecule has 0 radical (unpaired) electrons. The number of aromatic nitrogens is 4. The Bertz CT molecular complexity index is 820. The third kappa shape index (κ3) is 3.37. The van der Waals surface area contributed by atoms with Crippen LogP contribution >= 0.6 is 12.4 Å². The zero-order valence-electron chi connectivity index (χ0n) is 14.5. The minimum atomic E-state index is 0. The van der Waals surface area contributed by atoms with Crippen LogP contribution in [0, 0.1) is 20.8 Å². The number of nitrogens with zero attached hydrogens (tertiary/aromatic N) is 4. The minimum absolute atomic E-state index is 0. The van der Waals surface area contributed by atoms with Gasteiger partial charge in [0.05, 0.1) is 5.56 Å². The van der Waals surface area contributed by atoms with Gasteiger partial charge in [0.2, 0.25) is 0 Å². The van der Waals surface area contributed by atoms with Gasteiger partial charge in [-0.05, 0) is 40.8 Å². The van der Waals surface area contributed by atoms with Gasteiger partial charge >= 0.3 is 0 Å². The number of hydrogen-bond donors (Lipinski definition) is 1. The summed E-state index contributed by atoms with van der Waals surface area (Å²) < 4.78 is 12.6. The normalized spacial score (nSPS) is 12.2. The molecular weight excluding hydrogens is 330 g/mol. The number of halogens is 1. The van der Waals surface area contributed by atoms with Gasteiger partial charge in [-0.1, -0.05) is 10.3 Å². The van der Waals surface area contributed by atoms with Crippen LogP contribution in [0.25, 0.3) is 17.3 Å². The first kappa shape index (κ1) is 18.2. The maximum atomic E-state index is 5.44. The van der Waals surface area contributed by atoms with E-state index in [2.05, 4.69) is 27.5 Å². The molecule has 0 saturated carbocycles. The van der Waals surface area contributed by atoms with Crippen molar-refractivity contribution in [1.29, 1.82) is 0 Å². The summed E-state index contributed by atoms with van der Waals surface area (Å²) in [6.07, 6.45) is 0.723. The first-order valence-electron chi connectivity index (χ1n) is 7.62. The van der Waals surface area contributed by atoms with Gasteiger partial charge in [0.1, 0.15) is 5.76 Å². The van der Waals surface area contributed by atoms with Crippen molar-refractivity contribution in [3.8, 4) is 17.3 Å². The zero-order chi connectivity index (χ0) is 16.6. The fourth-order valence-electron chi connectivity index (χ4n) is 2.61. The molecule has 1 atom stereocenters. The van der Waals surface area contributed by atoms with Crippen molar-refractivity contribution in [1.82, 2.24) is 25.2 Å². The molecule has 8 heteroatoms. The highest BCUT2D eigenvalue weighted by atomic mass is 35.5. The average molecular weight is 352 g/mol. The molecule has 0 fully saturated rings. The summed E-state index contributed by atoms with van der Waals surface area (Å²) in [6, 6.07) is 4.22. The van der Waals surface area contributed by atoms with E-state index in [9.17, 15) is 0 Å². The smallest absolute Gasteiger partial charge is 0.259 e. The third-order valence-electron chi connectivity index (χ3n) is 3.96. The van der Waals surface area contributed by atoms with Gasteiger partial charge in [-0.2, -0.15) is 4.98 Å². The number of aryl methyl sites for hydroxylation is 2. The topological polar surface area (TPSA) is 81.9 Å². The van der Waals surface area contributed by atoms with Crippen LogP contribution in [-0.4, -0.2) is 33.0 Å². The Morgan fingerprint density at radius 3 is 2.54 bits per heavy atom. The second-order valence-electron chi connectivity index (χ2n) is 5.83. The summed E-state index contributed by atoms with van der Waals surface area (Å²) in [5.41, 5.74) is 2.95. The first-order valence-corrected chi connectivity index (χ1v) is 7.62. The van der Waals surface area contributed by atoms with Crippen molar-refractivity contribution < 1.29 is 9.05 Å². The van der Waals surface area contributed by atoms with Crippen LogP contribution in [0.3, 0.4) is 0 Å². The second-order valence-corrected chi connectivity index (χ2v) is 5.83. The van der Waals surface area contributed by atoms with Gasteiger partial charge in [0.15, 0.2) is 11.6 Å². The van der Waals surface area contributed by atoms with E-state index in [4.69, 9.17) is 9.05 Å². The van der Waals surface area contributed by atoms with Crippen LogP contribution in [0.1, 0.15) is 29.9 Å². The molecule has 3 aromatic rings. The Morgan fingerprint density at radius 1 is 1.17 bits per heavy atom. The Labute approximate surface area is 146 Å². The highest BCUT2D eigenvalue weighted by Gasteiger charge is 2.19. The number of likely N-dealkylation sites (N-methyl/N-ethyl adjacent to an activating group) is 1. The summed E-state index contributed by atoms with van der Waals surface area (Å²) in [4.78, 5) is 4.51. The summed E-state index contributed by atoms with van der Waals surface area (Å²) in [5.74, 6) is 2.76. The van der Waals surface area contributed by atoms with Crippen molar-refractivity contribution in [3.63, 3.8) is 0 Å². The van der Waals surface area contributed by atoms with Crippen molar-refractivity contribution in [3.05, 3.63) is 35.1 Å². The van der Waals surface area contributed by atoms with E-state index in [1.54, 1.807) is 0 Å². The zero-order valence-corrected chi connectivity index (χ0v) is 15.3. The molecule has 3 heterocycles. The van der Waals surface area contributed by atoms with Crippen LogP contribution in [0.4, 0.5) is 0 Å². The van der Waals surface area contributed by atoms with E-state index < -0.39 is 0 Å². The summed E-state index contributed by atoms with van der Waals surface area (Å²) in [6.45, 7) is 7.97. The van der Waals surface area contributed by atoms with Crippen LogP contribution in [-0.2, 0) is 6.42 Å². The van der Waals surface area contributed by atoms with Gasteiger partial charge in [-0.15, -0.1) is 12.4 Å². The molecule has 0 spiro atoms. The summed E-state index contributed by atoms with van der Waals surface area (Å²) in [7, 11) is 1.92. The molecule has 3 aromatic heterocycles. The molecule has 24 heavy (non-hydrogen) atoms. The second kappa shape index (κ2) is 7.19. The third-order valence-corrected chi connectivity index (χ3v) is 3.96. The molecular formula is C16H22ClN5O2. The van der Waals surface area contributed by atoms with E-state index >= 15 is 0 Å². The van der Waals surface area contributed by atoms with Gasteiger partial charge < -0.3 is 14.4 Å². The van der Waals surface area contributed by atoms with E-state index in [1.807, 2.05) is 44.5 Å². The molecule has 0 bridgehead atoms. The highest BCUT2D eigenvalue weighted by Crippen LogP contribution is 2.28.